The summed E-state index contributed by atoms with van der Waals surface area (Å²) in [6.07, 6.45) is 0.665. The molecule has 0 spiro atoms. The first-order valence-corrected chi connectivity index (χ1v) is 6.61. The van der Waals surface area contributed by atoms with Crippen LogP contribution in [0, 0.1) is 6.92 Å². The van der Waals surface area contributed by atoms with Crippen LogP contribution in [0.25, 0.3) is 0 Å². The number of hydrogen-bond donors (Lipinski definition) is 1. The topological polar surface area (TPSA) is 50.2 Å². The maximum absolute atomic E-state index is 10.9. The van der Waals surface area contributed by atoms with Crippen LogP contribution in [0.2, 0.25) is 0 Å². The lowest BCUT2D eigenvalue weighted by Crippen LogP contribution is -1.94. The van der Waals surface area contributed by atoms with Crippen LogP contribution in [0.1, 0.15) is 25.9 Å². The summed E-state index contributed by atoms with van der Waals surface area (Å²) in [6.45, 7) is 1.73. The molecule has 0 aliphatic carbocycles. The van der Waals surface area contributed by atoms with Crippen LogP contribution < -0.4 is 0 Å². The third-order valence-electron chi connectivity index (χ3n) is 2.28. The molecule has 0 saturated carbocycles. The number of thiazole rings is 1. The molecule has 1 aromatic heterocycles. The molecule has 17 heavy (non-hydrogen) atoms. The predicted molar refractivity (Wildman–Crippen MR) is 70.8 cm³/mol. The van der Waals surface area contributed by atoms with E-state index in [1.807, 2.05) is 24.3 Å². The average molecular weight is 312 g/mol. The predicted octanol–water partition coefficient (Wildman–Crippen LogP) is 3.50. The Balaban J connectivity index is 2.25. The van der Waals surface area contributed by atoms with E-state index in [2.05, 4.69) is 20.9 Å². The lowest BCUT2D eigenvalue weighted by Gasteiger charge is -1.98. The summed E-state index contributed by atoms with van der Waals surface area (Å²) in [5.41, 5.74) is 1.71. The number of benzene rings is 1. The Bertz CT molecular complexity index is 565. The van der Waals surface area contributed by atoms with Gasteiger partial charge in [0.05, 0.1) is 10.7 Å². The number of carbonyl (C=O) groups is 1. The van der Waals surface area contributed by atoms with Crippen LogP contribution in [0.5, 0.6) is 0 Å². The molecule has 1 heterocycles. The summed E-state index contributed by atoms with van der Waals surface area (Å²) in [5, 5.41) is 9.78. The standard InChI is InChI=1S/C12H10BrNO2S/c1-7-11(12(15)16)17-10(14-7)6-8-3-2-4-9(13)5-8/h2-5H,6H2,1H3,(H,15,16). The van der Waals surface area contributed by atoms with Gasteiger partial charge in [-0.1, -0.05) is 28.1 Å². The van der Waals surface area contributed by atoms with Gasteiger partial charge < -0.3 is 5.11 Å². The second-order valence-electron chi connectivity index (χ2n) is 3.63. The molecule has 0 radical (unpaired) electrons. The number of carboxylic acid groups (broad SMARTS) is 1. The fourth-order valence-corrected chi connectivity index (χ4v) is 2.93. The summed E-state index contributed by atoms with van der Waals surface area (Å²) in [6, 6.07) is 7.93. The maximum Gasteiger partial charge on any atom is 0.347 e. The zero-order valence-electron chi connectivity index (χ0n) is 9.11. The molecule has 0 unspecified atom stereocenters. The number of aryl methyl sites for hydroxylation is 1. The normalized spacial score (nSPS) is 10.5. The fraction of sp³-hybridized carbons (Fsp3) is 0.167. The molecule has 0 amide bonds. The van der Waals surface area contributed by atoms with Gasteiger partial charge in [-0.05, 0) is 24.6 Å². The lowest BCUT2D eigenvalue weighted by atomic mass is 10.2. The van der Waals surface area contributed by atoms with Gasteiger partial charge >= 0.3 is 5.97 Å². The Morgan fingerprint density at radius 2 is 2.29 bits per heavy atom. The highest BCUT2D eigenvalue weighted by atomic mass is 79.9. The monoisotopic (exact) mass is 311 g/mol. The Morgan fingerprint density at radius 1 is 1.53 bits per heavy atom. The van der Waals surface area contributed by atoms with Gasteiger partial charge in [-0.15, -0.1) is 11.3 Å². The molecule has 88 valence electrons. The minimum atomic E-state index is -0.902. The largest absolute Gasteiger partial charge is 0.477 e. The number of rotatable bonds is 3. The van der Waals surface area contributed by atoms with E-state index in [1.54, 1.807) is 6.92 Å². The molecular formula is C12H10BrNO2S. The Kier molecular flexibility index (Phi) is 3.59. The van der Waals surface area contributed by atoms with Gasteiger partial charge in [0.25, 0.3) is 0 Å². The molecule has 0 atom stereocenters. The maximum atomic E-state index is 10.9. The number of aromatic carboxylic acids is 1. The average Bonchev–Trinajstić information content (AvgIpc) is 2.59. The van der Waals surface area contributed by atoms with E-state index in [-0.39, 0.29) is 0 Å². The van der Waals surface area contributed by atoms with Crippen LogP contribution in [-0.4, -0.2) is 16.1 Å². The van der Waals surface area contributed by atoms with Gasteiger partial charge in [0.15, 0.2) is 0 Å². The molecule has 5 heteroatoms. The highest BCUT2D eigenvalue weighted by molar-refractivity contribution is 9.10. The molecule has 0 fully saturated rings. The van der Waals surface area contributed by atoms with Gasteiger partial charge in [-0.25, -0.2) is 9.78 Å². The third-order valence-corrected chi connectivity index (χ3v) is 3.92. The van der Waals surface area contributed by atoms with Crippen LogP contribution in [0.3, 0.4) is 0 Å². The quantitative estimate of drug-likeness (QED) is 0.943. The summed E-state index contributed by atoms with van der Waals surface area (Å²) in [7, 11) is 0. The number of aromatic nitrogens is 1. The van der Waals surface area contributed by atoms with Crippen LogP contribution in [-0.2, 0) is 6.42 Å². The first-order valence-electron chi connectivity index (χ1n) is 5.00. The van der Waals surface area contributed by atoms with E-state index in [4.69, 9.17) is 5.11 Å². The van der Waals surface area contributed by atoms with Crippen molar-refractivity contribution in [3.05, 3.63) is 49.9 Å². The fourth-order valence-electron chi connectivity index (χ4n) is 1.55. The molecule has 0 bridgehead atoms. The molecule has 1 N–H and O–H groups in total. The highest BCUT2D eigenvalue weighted by Crippen LogP contribution is 2.22. The van der Waals surface area contributed by atoms with Crippen molar-refractivity contribution in [1.82, 2.24) is 4.98 Å². The van der Waals surface area contributed by atoms with Crippen molar-refractivity contribution in [3.8, 4) is 0 Å². The van der Waals surface area contributed by atoms with Gasteiger partial charge in [-0.3, -0.25) is 0 Å². The third kappa shape index (κ3) is 2.92. The molecule has 0 aliphatic rings. The Hall–Kier alpha value is -1.20. The Morgan fingerprint density at radius 3 is 2.88 bits per heavy atom. The zero-order valence-corrected chi connectivity index (χ0v) is 11.5. The van der Waals surface area contributed by atoms with Gasteiger partial charge in [0, 0.05) is 10.9 Å². The van der Waals surface area contributed by atoms with Crippen molar-refractivity contribution in [3.63, 3.8) is 0 Å². The van der Waals surface area contributed by atoms with Crippen LogP contribution in [0.4, 0.5) is 0 Å². The van der Waals surface area contributed by atoms with Crippen LogP contribution in [0.15, 0.2) is 28.7 Å². The summed E-state index contributed by atoms with van der Waals surface area (Å²) in [5.74, 6) is -0.902. The van der Waals surface area contributed by atoms with Crippen LogP contribution >= 0.6 is 27.3 Å². The van der Waals surface area contributed by atoms with Crippen molar-refractivity contribution in [2.24, 2.45) is 0 Å². The van der Waals surface area contributed by atoms with E-state index in [0.717, 1.165) is 15.0 Å². The minimum Gasteiger partial charge on any atom is -0.477 e. The van der Waals surface area contributed by atoms with Crippen molar-refractivity contribution < 1.29 is 9.90 Å². The number of halogens is 1. The number of nitrogens with zero attached hydrogens (tertiary/aromatic N) is 1. The molecular weight excluding hydrogens is 302 g/mol. The highest BCUT2D eigenvalue weighted by Gasteiger charge is 2.13. The van der Waals surface area contributed by atoms with E-state index >= 15 is 0 Å². The van der Waals surface area contributed by atoms with Crippen molar-refractivity contribution in [1.29, 1.82) is 0 Å². The molecule has 2 rings (SSSR count). The van der Waals surface area contributed by atoms with Crippen molar-refractivity contribution in [2.45, 2.75) is 13.3 Å². The van der Waals surface area contributed by atoms with Gasteiger partial charge in [0.1, 0.15) is 4.88 Å². The SMILES string of the molecule is Cc1nc(Cc2cccc(Br)c2)sc1C(=O)O. The summed E-state index contributed by atoms with van der Waals surface area (Å²) in [4.78, 5) is 15.5. The van der Waals surface area contributed by atoms with Crippen molar-refractivity contribution in [2.75, 3.05) is 0 Å². The summed E-state index contributed by atoms with van der Waals surface area (Å²) >= 11 is 4.65. The summed E-state index contributed by atoms with van der Waals surface area (Å²) < 4.78 is 1.02. The molecule has 1 aromatic carbocycles. The second-order valence-corrected chi connectivity index (χ2v) is 5.63. The van der Waals surface area contributed by atoms with Gasteiger partial charge in [-0.2, -0.15) is 0 Å². The zero-order chi connectivity index (χ0) is 12.4. The lowest BCUT2D eigenvalue weighted by molar-refractivity contribution is 0.0701. The first-order chi connectivity index (χ1) is 8.06. The van der Waals surface area contributed by atoms with E-state index < -0.39 is 5.97 Å². The van der Waals surface area contributed by atoms with E-state index in [9.17, 15) is 4.79 Å². The van der Waals surface area contributed by atoms with Gasteiger partial charge in [0.2, 0.25) is 0 Å². The molecule has 3 nitrogen and oxygen atoms in total. The van der Waals surface area contributed by atoms with Crippen molar-refractivity contribution >= 4 is 33.2 Å². The molecule has 2 aromatic rings. The smallest absolute Gasteiger partial charge is 0.347 e. The minimum absolute atomic E-state index is 0.329. The first kappa shape index (κ1) is 12.3. The molecule has 0 saturated heterocycles. The van der Waals surface area contributed by atoms with E-state index in [0.29, 0.717) is 17.0 Å². The second kappa shape index (κ2) is 4.98. The number of carboxylic acids is 1. The van der Waals surface area contributed by atoms with E-state index in [1.165, 1.54) is 11.3 Å². The Labute approximate surface area is 111 Å². The molecule has 0 aliphatic heterocycles. The number of hydrogen-bond acceptors (Lipinski definition) is 3.